The maximum Gasteiger partial charge on any atom is 0.230 e. The van der Waals surface area contributed by atoms with Gasteiger partial charge in [0.15, 0.2) is 0 Å². The van der Waals surface area contributed by atoms with Crippen LogP contribution in [0, 0.1) is 0 Å². The molecule has 2 fully saturated rings. The molecule has 1 N–H and O–H groups in total. The van der Waals surface area contributed by atoms with E-state index >= 15 is 0 Å². The van der Waals surface area contributed by atoms with Gasteiger partial charge in [0.05, 0.1) is 0 Å². The fraction of sp³-hybridized carbons (Fsp3) is 0.609. The predicted molar refractivity (Wildman–Crippen MR) is 119 cm³/mol. The molecule has 4 heterocycles. The summed E-state index contributed by atoms with van der Waals surface area (Å²) in [7, 11) is 0. The first-order valence-electron chi connectivity index (χ1n) is 11.6. The second kappa shape index (κ2) is 10.7. The molecule has 2 aromatic heterocycles. The summed E-state index contributed by atoms with van der Waals surface area (Å²) in [5.74, 6) is 1.50. The number of pyridine rings is 1. The van der Waals surface area contributed by atoms with Gasteiger partial charge in [-0.1, -0.05) is 5.16 Å². The summed E-state index contributed by atoms with van der Waals surface area (Å²) in [6, 6.07) is 4.18. The van der Waals surface area contributed by atoms with Crippen molar-refractivity contribution in [3.63, 3.8) is 0 Å². The summed E-state index contributed by atoms with van der Waals surface area (Å²) in [4.78, 5) is 37.1. The lowest BCUT2D eigenvalue weighted by atomic mass is 9.98. The second-order valence-electron chi connectivity index (χ2n) is 8.70. The maximum absolute atomic E-state index is 12.4. The highest BCUT2D eigenvalue weighted by Gasteiger charge is 2.27. The van der Waals surface area contributed by atoms with Crippen molar-refractivity contribution in [3.05, 3.63) is 30.4 Å². The van der Waals surface area contributed by atoms with E-state index in [2.05, 4.69) is 25.3 Å². The molecule has 0 spiro atoms. The van der Waals surface area contributed by atoms with Crippen molar-refractivity contribution < 1.29 is 14.1 Å². The highest BCUT2D eigenvalue weighted by atomic mass is 16.5. The summed E-state index contributed by atoms with van der Waals surface area (Å²) in [5, 5.41) is 7.19. The third-order valence-corrected chi connectivity index (χ3v) is 6.58. The molecule has 0 bridgehead atoms. The Hall–Kier alpha value is -2.81. The number of carbonyl (C=O) groups excluding carboxylic acids is 2. The van der Waals surface area contributed by atoms with Crippen LogP contribution >= 0.6 is 0 Å². The number of hydrogen-bond acceptors (Lipinski definition) is 7. The van der Waals surface area contributed by atoms with Crippen molar-refractivity contribution in [2.75, 3.05) is 32.7 Å². The van der Waals surface area contributed by atoms with Crippen LogP contribution in [0.2, 0.25) is 0 Å². The minimum Gasteiger partial charge on any atom is -0.356 e. The third-order valence-electron chi connectivity index (χ3n) is 6.58. The van der Waals surface area contributed by atoms with E-state index in [0.717, 1.165) is 63.8 Å². The molecular weight excluding hydrogens is 408 g/mol. The summed E-state index contributed by atoms with van der Waals surface area (Å²) < 4.78 is 5.61. The number of likely N-dealkylation sites (tertiary alicyclic amines) is 1. The zero-order valence-electron chi connectivity index (χ0n) is 18.7. The van der Waals surface area contributed by atoms with Crippen molar-refractivity contribution in [2.45, 2.75) is 57.4 Å². The first-order chi connectivity index (χ1) is 15.6. The molecule has 9 nitrogen and oxygen atoms in total. The summed E-state index contributed by atoms with van der Waals surface area (Å²) in [6.45, 7) is 5.51. The monoisotopic (exact) mass is 440 g/mol. The van der Waals surface area contributed by atoms with Crippen molar-refractivity contribution in [1.29, 1.82) is 0 Å². The molecule has 0 radical (unpaired) electrons. The summed E-state index contributed by atoms with van der Waals surface area (Å²) in [5.41, 5.74) is 0.829. The first kappa shape index (κ1) is 22.4. The van der Waals surface area contributed by atoms with Gasteiger partial charge in [-0.2, -0.15) is 4.98 Å². The van der Waals surface area contributed by atoms with E-state index in [9.17, 15) is 9.59 Å². The molecule has 0 aromatic carbocycles. The predicted octanol–water partition coefficient (Wildman–Crippen LogP) is 2.22. The molecule has 4 rings (SSSR count). The number of amides is 2. The van der Waals surface area contributed by atoms with Crippen molar-refractivity contribution in [1.82, 2.24) is 30.2 Å². The molecule has 2 aromatic rings. The number of aromatic nitrogens is 3. The van der Waals surface area contributed by atoms with Gasteiger partial charge in [0.1, 0.15) is 0 Å². The van der Waals surface area contributed by atoms with Gasteiger partial charge < -0.3 is 14.7 Å². The lowest BCUT2D eigenvalue weighted by Crippen LogP contribution is -2.47. The van der Waals surface area contributed by atoms with Gasteiger partial charge in [-0.05, 0) is 50.8 Å². The molecule has 2 aliphatic rings. The molecule has 2 amide bonds. The highest BCUT2D eigenvalue weighted by Crippen LogP contribution is 2.27. The molecule has 2 aliphatic heterocycles. The smallest absolute Gasteiger partial charge is 0.230 e. The third kappa shape index (κ3) is 5.70. The Labute approximate surface area is 188 Å². The normalized spacial score (nSPS) is 22.2. The fourth-order valence-electron chi connectivity index (χ4n) is 4.69. The van der Waals surface area contributed by atoms with Crippen LogP contribution in [0.1, 0.15) is 57.3 Å². The first-order valence-corrected chi connectivity index (χ1v) is 11.6. The van der Waals surface area contributed by atoms with Gasteiger partial charge in [-0.3, -0.25) is 19.5 Å². The van der Waals surface area contributed by atoms with Crippen LogP contribution in [0.15, 0.2) is 29.0 Å². The number of hydrogen-bond donors (Lipinski definition) is 1. The Morgan fingerprint density at radius 1 is 1.16 bits per heavy atom. The van der Waals surface area contributed by atoms with E-state index in [1.54, 1.807) is 19.3 Å². The Morgan fingerprint density at radius 3 is 2.75 bits per heavy atom. The van der Waals surface area contributed by atoms with Crippen LogP contribution < -0.4 is 5.32 Å². The number of rotatable bonds is 3. The largest absolute Gasteiger partial charge is 0.356 e. The van der Waals surface area contributed by atoms with Crippen LogP contribution in [-0.2, 0) is 9.59 Å². The number of carbonyl (C=O) groups is 2. The molecule has 1 unspecified atom stereocenters. The Balaban J connectivity index is 1.40. The fourth-order valence-corrected chi connectivity index (χ4v) is 4.69. The van der Waals surface area contributed by atoms with E-state index in [4.69, 9.17) is 4.52 Å². The molecule has 0 saturated carbocycles. The van der Waals surface area contributed by atoms with E-state index in [0.29, 0.717) is 30.7 Å². The Kier molecular flexibility index (Phi) is 7.47. The number of nitrogens with one attached hydrogen (secondary N) is 1. The van der Waals surface area contributed by atoms with Crippen LogP contribution in [0.4, 0.5) is 0 Å². The molecule has 9 heteroatoms. The van der Waals surface area contributed by atoms with Crippen LogP contribution in [0.25, 0.3) is 11.4 Å². The molecule has 1 atom stereocenters. The number of nitrogens with zero attached hydrogens (tertiary/aromatic N) is 5. The topological polar surface area (TPSA) is 104 Å². The summed E-state index contributed by atoms with van der Waals surface area (Å²) >= 11 is 0. The van der Waals surface area contributed by atoms with Crippen LogP contribution in [0.5, 0.6) is 0 Å². The minimum absolute atomic E-state index is 0.0819. The second-order valence-corrected chi connectivity index (χ2v) is 8.70. The quantitative estimate of drug-likeness (QED) is 0.780. The summed E-state index contributed by atoms with van der Waals surface area (Å²) in [6.07, 6.45) is 8.56. The lowest BCUT2D eigenvalue weighted by Gasteiger charge is -2.38. The van der Waals surface area contributed by atoms with Gasteiger partial charge in [-0.15, -0.1) is 0 Å². The Morgan fingerprint density at radius 2 is 2.00 bits per heavy atom. The maximum atomic E-state index is 12.4. The lowest BCUT2D eigenvalue weighted by molar-refractivity contribution is -0.130. The molecule has 172 valence electrons. The van der Waals surface area contributed by atoms with Gasteiger partial charge in [-0.25, -0.2) is 0 Å². The molecule has 32 heavy (non-hydrogen) atoms. The van der Waals surface area contributed by atoms with Crippen LogP contribution in [-0.4, -0.2) is 75.5 Å². The van der Waals surface area contributed by atoms with Crippen molar-refractivity contribution in [2.24, 2.45) is 0 Å². The van der Waals surface area contributed by atoms with E-state index < -0.39 is 0 Å². The average molecular weight is 441 g/mol. The number of piperidine rings is 1. The molecule has 2 saturated heterocycles. The zero-order chi connectivity index (χ0) is 22.3. The highest BCUT2D eigenvalue weighted by molar-refractivity contribution is 5.76. The standard InChI is InChI=1S/C23H32N6O3/c1-17(30)28-13-7-20(8-14-28)29-12-3-5-18(6-11-25-21(31)9-15-29)23-26-22(27-32-23)19-4-2-10-24-16-19/h2,4,10,16,18,20H,3,5-9,11-15H2,1H3,(H,25,31). The molecular formula is C23H32N6O3. The van der Waals surface area contributed by atoms with Crippen molar-refractivity contribution >= 4 is 11.8 Å². The van der Waals surface area contributed by atoms with Gasteiger partial charge in [0.25, 0.3) is 0 Å². The Bertz CT molecular complexity index is 894. The SMILES string of the molecule is CC(=O)N1CCC(N2CCCC(c3nc(-c4cccnc4)no3)CCNC(=O)CC2)CC1. The van der Waals surface area contributed by atoms with E-state index in [1.165, 1.54) is 0 Å². The van der Waals surface area contributed by atoms with Gasteiger partial charge >= 0.3 is 0 Å². The average Bonchev–Trinajstić information content (AvgIpc) is 3.29. The van der Waals surface area contributed by atoms with Gasteiger partial charge in [0.2, 0.25) is 23.5 Å². The van der Waals surface area contributed by atoms with Gasteiger partial charge in [0, 0.05) is 69.4 Å². The van der Waals surface area contributed by atoms with E-state index in [1.807, 2.05) is 17.0 Å². The van der Waals surface area contributed by atoms with E-state index in [-0.39, 0.29) is 17.7 Å². The molecule has 0 aliphatic carbocycles. The van der Waals surface area contributed by atoms with Crippen molar-refractivity contribution in [3.8, 4) is 11.4 Å². The van der Waals surface area contributed by atoms with Crippen LogP contribution in [0.3, 0.4) is 0 Å². The minimum atomic E-state index is 0.0819. The zero-order valence-corrected chi connectivity index (χ0v) is 18.7.